The quantitative estimate of drug-likeness (QED) is 0.348. The van der Waals surface area contributed by atoms with Gasteiger partial charge in [0.1, 0.15) is 22.6 Å². The summed E-state index contributed by atoms with van der Waals surface area (Å²) < 4.78 is 35.9. The number of carbonyl (C=O) groups excluding carboxylic acids is 1. The molecule has 38 heavy (non-hydrogen) atoms. The zero-order chi connectivity index (χ0) is 27.4. The van der Waals surface area contributed by atoms with E-state index in [9.17, 15) is 18.0 Å². The number of aliphatic hydroxyl groups is 1. The molecule has 0 saturated carbocycles. The monoisotopic (exact) mass is 545 g/mol. The summed E-state index contributed by atoms with van der Waals surface area (Å²) in [5.74, 6) is 0.573. The highest BCUT2D eigenvalue weighted by Gasteiger charge is 2.30. The molecular formula is C26H35N5O6S. The Morgan fingerprint density at radius 2 is 1.92 bits per heavy atom. The van der Waals surface area contributed by atoms with Gasteiger partial charge >= 0.3 is 0 Å². The number of hydrogen-bond acceptors (Lipinski definition) is 8. The fourth-order valence-electron chi connectivity index (χ4n) is 4.98. The topological polar surface area (TPSA) is 138 Å². The summed E-state index contributed by atoms with van der Waals surface area (Å²) >= 11 is 0. The van der Waals surface area contributed by atoms with Crippen LogP contribution < -0.4 is 10.3 Å². The van der Waals surface area contributed by atoms with Gasteiger partial charge in [0, 0.05) is 51.9 Å². The number of benzene rings is 1. The first-order valence-electron chi connectivity index (χ1n) is 12.9. The number of aliphatic hydroxyl groups excluding tert-OH is 1. The number of nitrogens with one attached hydrogen (secondary N) is 1. The summed E-state index contributed by atoms with van der Waals surface area (Å²) in [7, 11) is -2.16. The standard InChI is InChI=1S/C26H35N5O6S/c1-4-7-19-21(17-33)29(3)24-23(19)27-25(28-26(24)34)20-16-18(8-9-22(20)37-5-2)38(35,36)31-13-11-30(12-14-31)10-6-15-32/h8-9,16-17,32H,4-7,10-15H2,1-3H3,(H,27,28,34). The molecule has 1 saturated heterocycles. The maximum Gasteiger partial charge on any atom is 0.275 e. The van der Waals surface area contributed by atoms with Crippen molar-refractivity contribution in [3.8, 4) is 17.1 Å². The number of hydrogen-bond donors (Lipinski definition) is 2. The fraction of sp³-hybridized carbons (Fsp3) is 0.500. The SMILES string of the molecule is CCCc1c(C=O)n(C)c2c(=O)[nH]c(-c3cc(S(=O)(=O)N4CCN(CCCO)CC4)ccc3OCC)nc12. The molecule has 2 N–H and O–H groups in total. The van der Waals surface area contributed by atoms with Crippen molar-refractivity contribution in [1.82, 2.24) is 23.7 Å². The number of piperazine rings is 1. The van der Waals surface area contributed by atoms with Crippen molar-refractivity contribution in [2.75, 3.05) is 45.9 Å². The lowest BCUT2D eigenvalue weighted by molar-refractivity contribution is 0.111. The predicted molar refractivity (Wildman–Crippen MR) is 144 cm³/mol. The van der Waals surface area contributed by atoms with Crippen LogP contribution in [0.25, 0.3) is 22.4 Å². The Labute approximate surface area is 222 Å². The van der Waals surface area contributed by atoms with E-state index in [1.54, 1.807) is 17.7 Å². The molecule has 12 heteroatoms. The van der Waals surface area contributed by atoms with Gasteiger partial charge < -0.3 is 24.3 Å². The number of H-pyrrole nitrogens is 1. The highest BCUT2D eigenvalue weighted by Crippen LogP contribution is 2.33. The van der Waals surface area contributed by atoms with Gasteiger partial charge in [-0.05, 0) is 38.0 Å². The third-order valence-electron chi connectivity index (χ3n) is 6.91. The lowest BCUT2D eigenvalue weighted by Crippen LogP contribution is -2.48. The van der Waals surface area contributed by atoms with Crippen LogP contribution in [-0.2, 0) is 23.5 Å². The van der Waals surface area contributed by atoms with E-state index in [0.717, 1.165) is 19.3 Å². The third kappa shape index (κ3) is 5.26. The van der Waals surface area contributed by atoms with E-state index < -0.39 is 15.6 Å². The minimum atomic E-state index is -3.81. The first-order chi connectivity index (χ1) is 18.3. The van der Waals surface area contributed by atoms with E-state index in [-0.39, 0.29) is 17.3 Å². The smallest absolute Gasteiger partial charge is 0.275 e. The largest absolute Gasteiger partial charge is 0.493 e. The molecule has 1 aliphatic rings. The summed E-state index contributed by atoms with van der Waals surface area (Å²) in [4.78, 5) is 34.7. The van der Waals surface area contributed by atoms with E-state index in [2.05, 4.69) is 9.88 Å². The molecule has 0 spiro atoms. The molecule has 1 aromatic carbocycles. The average molecular weight is 546 g/mol. The van der Waals surface area contributed by atoms with Gasteiger partial charge in [0.05, 0.1) is 22.8 Å². The number of sulfonamides is 1. The number of aromatic amines is 1. The molecule has 1 fully saturated rings. The summed E-state index contributed by atoms with van der Waals surface area (Å²) in [6, 6.07) is 4.59. The Hall–Kier alpha value is -3.06. The minimum absolute atomic E-state index is 0.0814. The molecule has 0 aliphatic carbocycles. The third-order valence-corrected chi connectivity index (χ3v) is 8.80. The number of aryl methyl sites for hydroxylation is 2. The number of ether oxygens (including phenoxy) is 1. The molecule has 3 heterocycles. The first-order valence-corrected chi connectivity index (χ1v) is 14.4. The van der Waals surface area contributed by atoms with Gasteiger partial charge in [-0.2, -0.15) is 4.31 Å². The molecule has 0 bridgehead atoms. The van der Waals surface area contributed by atoms with Crippen LogP contribution in [0.1, 0.15) is 42.7 Å². The molecule has 0 unspecified atom stereocenters. The number of aromatic nitrogens is 3. The molecule has 0 radical (unpaired) electrons. The van der Waals surface area contributed by atoms with Crippen molar-refractivity contribution in [3.05, 3.63) is 39.8 Å². The predicted octanol–water partition coefficient (Wildman–Crippen LogP) is 1.78. The highest BCUT2D eigenvalue weighted by molar-refractivity contribution is 7.89. The second-order valence-electron chi connectivity index (χ2n) is 9.32. The minimum Gasteiger partial charge on any atom is -0.493 e. The van der Waals surface area contributed by atoms with Crippen LogP contribution in [0, 0.1) is 0 Å². The first kappa shape index (κ1) is 28.0. The van der Waals surface area contributed by atoms with E-state index in [1.165, 1.54) is 16.4 Å². The van der Waals surface area contributed by atoms with Gasteiger partial charge in [0.2, 0.25) is 10.0 Å². The van der Waals surface area contributed by atoms with Crippen molar-refractivity contribution < 1.29 is 23.1 Å². The zero-order valence-corrected chi connectivity index (χ0v) is 22.9. The van der Waals surface area contributed by atoms with E-state index in [4.69, 9.17) is 14.8 Å². The molecule has 0 amide bonds. The summed E-state index contributed by atoms with van der Waals surface area (Å²) in [6.07, 6.45) is 2.71. The Balaban J connectivity index is 1.78. The van der Waals surface area contributed by atoms with Crippen LogP contribution in [-0.4, -0.2) is 89.5 Å². The summed E-state index contributed by atoms with van der Waals surface area (Å²) in [5, 5.41) is 9.07. The Morgan fingerprint density at radius 1 is 1.18 bits per heavy atom. The Morgan fingerprint density at radius 3 is 2.55 bits per heavy atom. The van der Waals surface area contributed by atoms with Gasteiger partial charge in [-0.1, -0.05) is 13.3 Å². The summed E-state index contributed by atoms with van der Waals surface area (Å²) in [6.45, 7) is 6.82. The Kier molecular flexibility index (Phi) is 8.66. The van der Waals surface area contributed by atoms with Gasteiger partial charge in [-0.15, -0.1) is 0 Å². The van der Waals surface area contributed by atoms with Crippen molar-refractivity contribution in [3.63, 3.8) is 0 Å². The van der Waals surface area contributed by atoms with Crippen molar-refractivity contribution >= 4 is 27.3 Å². The number of aldehydes is 1. The molecule has 3 aromatic rings. The average Bonchev–Trinajstić information content (AvgIpc) is 3.18. The van der Waals surface area contributed by atoms with Crippen molar-refractivity contribution in [2.24, 2.45) is 7.05 Å². The molecule has 0 atom stereocenters. The van der Waals surface area contributed by atoms with E-state index in [0.29, 0.717) is 79.2 Å². The molecule has 1 aliphatic heterocycles. The van der Waals surface area contributed by atoms with Crippen LogP contribution in [0.5, 0.6) is 5.75 Å². The van der Waals surface area contributed by atoms with Gasteiger partial charge in [0.25, 0.3) is 5.56 Å². The normalized spacial score (nSPS) is 15.3. The second-order valence-corrected chi connectivity index (χ2v) is 11.3. The molecule has 2 aromatic heterocycles. The maximum atomic E-state index is 13.6. The molecule has 4 rings (SSSR count). The van der Waals surface area contributed by atoms with Crippen LogP contribution in [0.2, 0.25) is 0 Å². The van der Waals surface area contributed by atoms with Crippen LogP contribution in [0.4, 0.5) is 0 Å². The van der Waals surface area contributed by atoms with E-state index >= 15 is 0 Å². The Bertz CT molecular complexity index is 1470. The van der Waals surface area contributed by atoms with Crippen molar-refractivity contribution in [1.29, 1.82) is 0 Å². The van der Waals surface area contributed by atoms with Gasteiger partial charge in [-0.3, -0.25) is 9.59 Å². The fourth-order valence-corrected chi connectivity index (χ4v) is 6.43. The van der Waals surface area contributed by atoms with Crippen molar-refractivity contribution in [2.45, 2.75) is 38.0 Å². The lowest BCUT2D eigenvalue weighted by Gasteiger charge is -2.33. The zero-order valence-electron chi connectivity index (χ0n) is 22.1. The number of fused-ring (bicyclic) bond motifs is 1. The second kappa shape index (κ2) is 11.8. The van der Waals surface area contributed by atoms with Crippen LogP contribution >= 0.6 is 0 Å². The van der Waals surface area contributed by atoms with Gasteiger partial charge in [-0.25, -0.2) is 13.4 Å². The number of rotatable bonds is 11. The molecule has 11 nitrogen and oxygen atoms in total. The molecule has 206 valence electrons. The highest BCUT2D eigenvalue weighted by atomic mass is 32.2. The van der Waals surface area contributed by atoms with E-state index in [1.807, 2.05) is 13.8 Å². The van der Waals surface area contributed by atoms with Crippen LogP contribution in [0.15, 0.2) is 27.9 Å². The molecular weight excluding hydrogens is 510 g/mol. The summed E-state index contributed by atoms with van der Waals surface area (Å²) in [5.41, 5.74) is 1.73. The van der Waals surface area contributed by atoms with Gasteiger partial charge in [0.15, 0.2) is 6.29 Å². The lowest BCUT2D eigenvalue weighted by atomic mass is 10.1. The number of carbonyl (C=O) groups is 1. The van der Waals surface area contributed by atoms with Crippen LogP contribution in [0.3, 0.4) is 0 Å². The maximum absolute atomic E-state index is 13.6. The number of nitrogens with zero attached hydrogens (tertiary/aromatic N) is 4.